The molecule has 22 heavy (non-hydrogen) atoms. The summed E-state index contributed by atoms with van der Waals surface area (Å²) in [7, 11) is 0. The van der Waals surface area contributed by atoms with E-state index in [9.17, 15) is 9.59 Å². The molecule has 1 aromatic heterocycles. The van der Waals surface area contributed by atoms with E-state index in [1.165, 1.54) is 12.3 Å². The molecular weight excluding hydrogens is 284 g/mol. The van der Waals surface area contributed by atoms with Crippen LogP contribution in [0.3, 0.4) is 0 Å². The number of furan rings is 1. The number of amides is 2. The van der Waals surface area contributed by atoms with E-state index in [-0.39, 0.29) is 5.70 Å². The summed E-state index contributed by atoms with van der Waals surface area (Å²) in [6, 6.07) is 11.7. The van der Waals surface area contributed by atoms with Gasteiger partial charge in [-0.2, -0.15) is 4.99 Å². The van der Waals surface area contributed by atoms with Gasteiger partial charge in [0, 0.05) is 11.6 Å². The lowest BCUT2D eigenvalue weighted by Gasteiger charge is -2.06. The molecule has 5 N–H and O–H groups in total. The molecule has 0 aliphatic heterocycles. The van der Waals surface area contributed by atoms with Gasteiger partial charge in [-0.3, -0.25) is 9.59 Å². The highest BCUT2D eigenvalue weighted by Crippen LogP contribution is 2.08. The zero-order valence-electron chi connectivity index (χ0n) is 11.5. The lowest BCUT2D eigenvalue weighted by Crippen LogP contribution is -2.30. The van der Waals surface area contributed by atoms with Crippen molar-refractivity contribution in [1.82, 2.24) is 5.32 Å². The highest BCUT2D eigenvalue weighted by atomic mass is 16.3. The third-order valence-corrected chi connectivity index (χ3v) is 2.58. The van der Waals surface area contributed by atoms with Crippen molar-refractivity contribution in [3.8, 4) is 0 Å². The van der Waals surface area contributed by atoms with Gasteiger partial charge in [0.2, 0.25) is 0 Å². The van der Waals surface area contributed by atoms with Gasteiger partial charge in [0.25, 0.3) is 11.8 Å². The van der Waals surface area contributed by atoms with Crippen LogP contribution in [0.2, 0.25) is 0 Å². The summed E-state index contributed by atoms with van der Waals surface area (Å²) in [6.45, 7) is 0. The standard InChI is InChI=1S/C15H14N4O3/c16-15(17)19-14(21)12(9-11-7-4-8-22-11)18-13(20)10-5-2-1-3-6-10/h1-9H,(H,18,20)(H4,16,17,19,21)/b12-9-. The first-order chi connectivity index (χ1) is 10.6. The van der Waals surface area contributed by atoms with Gasteiger partial charge in [0.15, 0.2) is 5.96 Å². The molecule has 0 radical (unpaired) electrons. The number of carbonyl (C=O) groups excluding carboxylic acids is 2. The molecule has 2 aromatic rings. The van der Waals surface area contributed by atoms with Gasteiger partial charge in [0.05, 0.1) is 6.26 Å². The molecule has 2 amide bonds. The number of hydrogen-bond donors (Lipinski definition) is 3. The van der Waals surface area contributed by atoms with Crippen LogP contribution in [0.4, 0.5) is 0 Å². The molecule has 0 aliphatic carbocycles. The predicted molar refractivity (Wildman–Crippen MR) is 81.4 cm³/mol. The molecule has 1 aromatic carbocycles. The number of rotatable bonds is 4. The van der Waals surface area contributed by atoms with Crippen LogP contribution >= 0.6 is 0 Å². The van der Waals surface area contributed by atoms with Crippen LogP contribution in [-0.2, 0) is 4.79 Å². The first kappa shape index (κ1) is 15.0. The van der Waals surface area contributed by atoms with E-state index in [2.05, 4.69) is 10.3 Å². The van der Waals surface area contributed by atoms with E-state index in [0.717, 1.165) is 0 Å². The van der Waals surface area contributed by atoms with Gasteiger partial charge < -0.3 is 21.2 Å². The molecule has 1 heterocycles. The topological polar surface area (TPSA) is 124 Å². The summed E-state index contributed by atoms with van der Waals surface area (Å²) in [5.41, 5.74) is 10.7. The monoisotopic (exact) mass is 298 g/mol. The van der Waals surface area contributed by atoms with Crippen LogP contribution in [0.15, 0.2) is 63.8 Å². The fourth-order valence-corrected chi connectivity index (χ4v) is 1.63. The fraction of sp³-hybridized carbons (Fsp3) is 0. The maximum Gasteiger partial charge on any atom is 0.296 e. The van der Waals surface area contributed by atoms with Crippen molar-refractivity contribution in [2.75, 3.05) is 0 Å². The van der Waals surface area contributed by atoms with Gasteiger partial charge in [-0.05, 0) is 24.3 Å². The largest absolute Gasteiger partial charge is 0.465 e. The lowest BCUT2D eigenvalue weighted by atomic mass is 10.2. The van der Waals surface area contributed by atoms with Crippen LogP contribution in [0.5, 0.6) is 0 Å². The number of nitrogens with two attached hydrogens (primary N) is 2. The van der Waals surface area contributed by atoms with Crippen molar-refractivity contribution < 1.29 is 14.0 Å². The molecule has 0 aliphatic rings. The molecule has 0 spiro atoms. The number of guanidine groups is 1. The minimum atomic E-state index is -0.777. The van der Waals surface area contributed by atoms with E-state index in [1.807, 2.05) is 0 Å². The maximum absolute atomic E-state index is 12.1. The first-order valence-electron chi connectivity index (χ1n) is 6.32. The van der Waals surface area contributed by atoms with Crippen LogP contribution in [-0.4, -0.2) is 17.8 Å². The predicted octanol–water partition coefficient (Wildman–Crippen LogP) is 0.850. The third-order valence-electron chi connectivity index (χ3n) is 2.58. The van der Waals surface area contributed by atoms with Crippen LogP contribution in [0.1, 0.15) is 16.1 Å². The van der Waals surface area contributed by atoms with Gasteiger partial charge in [-0.15, -0.1) is 0 Å². The van der Waals surface area contributed by atoms with E-state index in [1.54, 1.807) is 42.5 Å². The number of nitrogens with zero attached hydrogens (tertiary/aromatic N) is 1. The van der Waals surface area contributed by atoms with E-state index in [0.29, 0.717) is 11.3 Å². The smallest absolute Gasteiger partial charge is 0.296 e. The molecule has 7 heteroatoms. The van der Waals surface area contributed by atoms with Crippen molar-refractivity contribution >= 4 is 23.8 Å². The molecule has 7 nitrogen and oxygen atoms in total. The van der Waals surface area contributed by atoms with Gasteiger partial charge in [-0.25, -0.2) is 0 Å². The Bertz CT molecular complexity index is 715. The van der Waals surface area contributed by atoms with Gasteiger partial charge in [-0.1, -0.05) is 18.2 Å². The summed E-state index contributed by atoms with van der Waals surface area (Å²) in [5.74, 6) is -1.26. The Morgan fingerprint density at radius 3 is 2.41 bits per heavy atom. The van der Waals surface area contributed by atoms with E-state index in [4.69, 9.17) is 15.9 Å². The number of aliphatic imine (C=N–C) groups is 1. The summed E-state index contributed by atoms with van der Waals surface area (Å²) in [6.07, 6.45) is 2.78. The molecular formula is C15H14N4O3. The quantitative estimate of drug-likeness (QED) is 0.438. The number of benzene rings is 1. The first-order valence-corrected chi connectivity index (χ1v) is 6.32. The van der Waals surface area contributed by atoms with Crippen molar-refractivity contribution in [3.63, 3.8) is 0 Å². The maximum atomic E-state index is 12.1. The minimum Gasteiger partial charge on any atom is -0.465 e. The minimum absolute atomic E-state index is 0.0998. The molecule has 0 bridgehead atoms. The lowest BCUT2D eigenvalue weighted by molar-refractivity contribution is -0.114. The third kappa shape index (κ3) is 4.07. The summed E-state index contributed by atoms with van der Waals surface area (Å²) in [4.78, 5) is 27.5. The Balaban J connectivity index is 2.27. The molecule has 0 saturated carbocycles. The summed E-state index contributed by atoms with van der Waals surface area (Å²) in [5, 5.41) is 2.47. The second-order valence-corrected chi connectivity index (χ2v) is 4.24. The Labute approximate surface area is 126 Å². The summed E-state index contributed by atoms with van der Waals surface area (Å²) < 4.78 is 5.12. The molecule has 0 saturated heterocycles. The van der Waals surface area contributed by atoms with Crippen LogP contribution < -0.4 is 16.8 Å². The van der Waals surface area contributed by atoms with Crippen molar-refractivity contribution in [3.05, 3.63) is 65.7 Å². The van der Waals surface area contributed by atoms with Gasteiger partial charge >= 0.3 is 0 Å². The van der Waals surface area contributed by atoms with Gasteiger partial charge in [0.1, 0.15) is 11.5 Å². The second-order valence-electron chi connectivity index (χ2n) is 4.24. The van der Waals surface area contributed by atoms with Crippen molar-refractivity contribution in [2.45, 2.75) is 0 Å². The van der Waals surface area contributed by atoms with Crippen molar-refractivity contribution in [1.29, 1.82) is 0 Å². The average Bonchev–Trinajstić information content (AvgIpc) is 2.99. The fourth-order valence-electron chi connectivity index (χ4n) is 1.63. The highest BCUT2D eigenvalue weighted by molar-refractivity contribution is 6.08. The highest BCUT2D eigenvalue weighted by Gasteiger charge is 2.14. The normalized spacial score (nSPS) is 10.8. The summed E-state index contributed by atoms with van der Waals surface area (Å²) >= 11 is 0. The SMILES string of the molecule is NC(N)=NC(=O)/C(=C/c1ccco1)NC(=O)c1ccccc1. The molecule has 0 fully saturated rings. The van der Waals surface area contributed by atoms with E-state index >= 15 is 0 Å². The Morgan fingerprint density at radius 2 is 1.82 bits per heavy atom. The van der Waals surface area contributed by atoms with Crippen LogP contribution in [0, 0.1) is 0 Å². The zero-order chi connectivity index (χ0) is 15.9. The molecule has 0 unspecified atom stereocenters. The van der Waals surface area contributed by atoms with Crippen molar-refractivity contribution in [2.24, 2.45) is 16.5 Å². The van der Waals surface area contributed by atoms with E-state index < -0.39 is 17.8 Å². The Kier molecular flexibility index (Phi) is 4.71. The number of hydrogen-bond acceptors (Lipinski definition) is 3. The number of carbonyl (C=O) groups is 2. The number of nitrogens with one attached hydrogen (secondary N) is 1. The average molecular weight is 298 g/mol. The second kappa shape index (κ2) is 6.89. The van der Waals surface area contributed by atoms with Crippen LogP contribution in [0.25, 0.3) is 6.08 Å². The molecule has 0 atom stereocenters. The molecule has 2 rings (SSSR count). The molecule has 112 valence electrons. The Morgan fingerprint density at radius 1 is 1.09 bits per heavy atom. The Hall–Kier alpha value is -3.35. The zero-order valence-corrected chi connectivity index (χ0v) is 11.5.